The fraction of sp³-hybridized carbons (Fsp3) is 0.250. The minimum atomic E-state index is -0.964. The van der Waals surface area contributed by atoms with Gasteiger partial charge in [-0.2, -0.15) is 0 Å². The zero-order valence-corrected chi connectivity index (χ0v) is 20.9. The number of amides is 1. The number of benzene rings is 3. The largest absolute Gasteiger partial charge is 0.493 e. The molecule has 0 radical (unpaired) electrons. The van der Waals surface area contributed by atoms with Crippen LogP contribution in [0.4, 0.5) is 0 Å². The molecule has 0 atom stereocenters. The molecule has 0 saturated heterocycles. The van der Waals surface area contributed by atoms with Crippen molar-refractivity contribution < 1.29 is 24.2 Å². The zero-order valence-electron chi connectivity index (χ0n) is 20.9. The van der Waals surface area contributed by atoms with Gasteiger partial charge in [-0.25, -0.2) is 4.98 Å². The van der Waals surface area contributed by atoms with Crippen molar-refractivity contribution in [3.8, 4) is 22.9 Å². The molecular weight excluding hydrogens is 472 g/mol. The molecule has 9 nitrogen and oxygen atoms in total. The van der Waals surface area contributed by atoms with Crippen molar-refractivity contribution in [1.82, 2.24) is 14.9 Å². The van der Waals surface area contributed by atoms with Gasteiger partial charge in [0.05, 0.1) is 31.7 Å². The molecule has 4 rings (SSSR count). The van der Waals surface area contributed by atoms with E-state index in [2.05, 4.69) is 9.88 Å². The van der Waals surface area contributed by atoms with E-state index < -0.39 is 5.97 Å². The van der Waals surface area contributed by atoms with E-state index in [9.17, 15) is 9.59 Å². The number of methoxy groups -OCH3 is 2. The summed E-state index contributed by atoms with van der Waals surface area (Å²) in [5.41, 5.74) is 10.8. The monoisotopic (exact) mass is 502 g/mol. The standard InChI is InChI=1S/C28H30N4O5/c1-36-24-10-5-18(15-25(24)37-2)12-14-32-23-9-8-21(28(35)30-13-11-26(33)34)16-22(23)31-27(32)20-6-3-19(17-29)4-7-20/h3-10,15-16H,11-14,17,29H2,1-2H3,(H,30,35)(H,33,34). The van der Waals surface area contributed by atoms with Crippen LogP contribution in [0.1, 0.15) is 27.9 Å². The van der Waals surface area contributed by atoms with Crippen LogP contribution in [-0.2, 0) is 24.3 Å². The third kappa shape index (κ3) is 5.90. The van der Waals surface area contributed by atoms with Gasteiger partial charge in [-0.05, 0) is 47.9 Å². The lowest BCUT2D eigenvalue weighted by molar-refractivity contribution is -0.136. The van der Waals surface area contributed by atoms with Gasteiger partial charge in [0.2, 0.25) is 0 Å². The molecule has 1 aromatic heterocycles. The number of ether oxygens (including phenoxy) is 2. The number of aryl methyl sites for hydroxylation is 2. The number of hydrogen-bond donors (Lipinski definition) is 3. The molecule has 0 aliphatic carbocycles. The lowest BCUT2D eigenvalue weighted by Gasteiger charge is -2.12. The Morgan fingerprint density at radius 2 is 1.70 bits per heavy atom. The number of nitrogens with one attached hydrogen (secondary N) is 1. The number of imidazole rings is 1. The molecule has 37 heavy (non-hydrogen) atoms. The van der Waals surface area contributed by atoms with Gasteiger partial charge in [0, 0.05) is 30.8 Å². The SMILES string of the molecule is COc1ccc(CCn2c(-c3ccc(CN)cc3)nc3cc(C(=O)NCCC(=O)O)ccc32)cc1OC. The number of hydrogen-bond acceptors (Lipinski definition) is 6. The molecule has 4 aromatic rings. The van der Waals surface area contributed by atoms with E-state index >= 15 is 0 Å². The van der Waals surface area contributed by atoms with E-state index in [0.29, 0.717) is 35.7 Å². The molecule has 0 unspecified atom stereocenters. The summed E-state index contributed by atoms with van der Waals surface area (Å²) in [5, 5.41) is 11.5. The molecule has 0 aliphatic heterocycles. The summed E-state index contributed by atoms with van der Waals surface area (Å²) in [6.45, 7) is 1.16. The average molecular weight is 503 g/mol. The molecule has 0 fully saturated rings. The third-order valence-corrected chi connectivity index (χ3v) is 6.15. The maximum Gasteiger partial charge on any atom is 0.305 e. The van der Waals surface area contributed by atoms with Crippen molar-refractivity contribution in [3.63, 3.8) is 0 Å². The summed E-state index contributed by atoms with van der Waals surface area (Å²) < 4.78 is 12.9. The number of carbonyl (C=O) groups excluding carboxylic acids is 1. The minimum absolute atomic E-state index is 0.0602. The first-order valence-corrected chi connectivity index (χ1v) is 11.9. The van der Waals surface area contributed by atoms with Gasteiger partial charge < -0.3 is 30.2 Å². The van der Waals surface area contributed by atoms with Crippen molar-refractivity contribution in [2.24, 2.45) is 5.73 Å². The quantitative estimate of drug-likeness (QED) is 0.286. The van der Waals surface area contributed by atoms with Crippen molar-refractivity contribution in [1.29, 1.82) is 0 Å². The number of carboxylic acids is 1. The number of nitrogens with two attached hydrogens (primary N) is 1. The Hall–Kier alpha value is -4.37. The van der Waals surface area contributed by atoms with Crippen LogP contribution in [0.15, 0.2) is 60.7 Å². The molecule has 1 heterocycles. The smallest absolute Gasteiger partial charge is 0.305 e. The summed E-state index contributed by atoms with van der Waals surface area (Å²) in [6, 6.07) is 19.2. The lowest BCUT2D eigenvalue weighted by Crippen LogP contribution is -2.25. The highest BCUT2D eigenvalue weighted by Crippen LogP contribution is 2.30. The predicted octanol–water partition coefficient (Wildman–Crippen LogP) is 3.63. The van der Waals surface area contributed by atoms with Crippen LogP contribution in [0.25, 0.3) is 22.4 Å². The molecule has 0 bridgehead atoms. The van der Waals surface area contributed by atoms with Crippen LogP contribution >= 0.6 is 0 Å². The topological polar surface area (TPSA) is 129 Å². The highest BCUT2D eigenvalue weighted by atomic mass is 16.5. The number of aromatic nitrogens is 2. The Morgan fingerprint density at radius 3 is 2.38 bits per heavy atom. The fourth-order valence-corrected chi connectivity index (χ4v) is 4.17. The van der Waals surface area contributed by atoms with Gasteiger partial charge in [0.1, 0.15) is 5.82 Å². The van der Waals surface area contributed by atoms with Crippen LogP contribution in [-0.4, -0.2) is 47.3 Å². The molecule has 4 N–H and O–H groups in total. The fourth-order valence-electron chi connectivity index (χ4n) is 4.17. The number of aliphatic carboxylic acids is 1. The van der Waals surface area contributed by atoms with Crippen molar-refractivity contribution in [2.75, 3.05) is 20.8 Å². The van der Waals surface area contributed by atoms with Crippen molar-refractivity contribution in [2.45, 2.75) is 25.9 Å². The van der Waals surface area contributed by atoms with Gasteiger partial charge in [-0.1, -0.05) is 30.3 Å². The molecule has 1 amide bonds. The molecule has 9 heteroatoms. The number of carbonyl (C=O) groups is 2. The zero-order chi connectivity index (χ0) is 26.4. The first-order chi connectivity index (χ1) is 17.9. The van der Waals surface area contributed by atoms with Gasteiger partial charge in [0.25, 0.3) is 5.91 Å². The molecule has 0 aliphatic rings. The summed E-state index contributed by atoms with van der Waals surface area (Å²) >= 11 is 0. The van der Waals surface area contributed by atoms with E-state index in [1.54, 1.807) is 26.4 Å². The van der Waals surface area contributed by atoms with Gasteiger partial charge in [-0.3, -0.25) is 9.59 Å². The number of rotatable bonds is 11. The van der Waals surface area contributed by atoms with E-state index in [1.165, 1.54) is 0 Å². The van der Waals surface area contributed by atoms with Crippen LogP contribution in [0, 0.1) is 0 Å². The molecule has 3 aromatic carbocycles. The minimum Gasteiger partial charge on any atom is -0.493 e. The number of nitrogens with zero attached hydrogens (tertiary/aromatic N) is 2. The third-order valence-electron chi connectivity index (χ3n) is 6.15. The normalized spacial score (nSPS) is 10.9. The number of fused-ring (bicyclic) bond motifs is 1. The van der Waals surface area contributed by atoms with Gasteiger partial charge >= 0.3 is 5.97 Å². The molecule has 0 saturated carbocycles. The summed E-state index contributed by atoms with van der Waals surface area (Å²) in [5.74, 6) is 0.828. The predicted molar refractivity (Wildman–Crippen MR) is 141 cm³/mol. The van der Waals surface area contributed by atoms with Gasteiger partial charge in [0.15, 0.2) is 11.5 Å². The lowest BCUT2D eigenvalue weighted by atomic mass is 10.1. The van der Waals surface area contributed by atoms with E-state index in [0.717, 1.165) is 34.5 Å². The summed E-state index contributed by atoms with van der Waals surface area (Å²) in [4.78, 5) is 28.2. The van der Waals surface area contributed by atoms with E-state index in [-0.39, 0.29) is 18.9 Å². The number of carboxylic acid groups (broad SMARTS) is 1. The highest BCUT2D eigenvalue weighted by molar-refractivity contribution is 5.98. The maximum atomic E-state index is 12.6. The first-order valence-electron chi connectivity index (χ1n) is 11.9. The molecular formula is C28H30N4O5. The Balaban J connectivity index is 1.68. The Kier molecular flexibility index (Phi) is 8.05. The molecule has 0 spiro atoms. The summed E-state index contributed by atoms with van der Waals surface area (Å²) in [7, 11) is 3.22. The second kappa shape index (κ2) is 11.6. The van der Waals surface area contributed by atoms with E-state index in [4.69, 9.17) is 25.3 Å². The van der Waals surface area contributed by atoms with Crippen molar-refractivity contribution >= 4 is 22.9 Å². The second-order valence-electron chi connectivity index (χ2n) is 8.53. The van der Waals surface area contributed by atoms with Crippen LogP contribution in [0.5, 0.6) is 11.5 Å². The first kappa shape index (κ1) is 25.7. The van der Waals surface area contributed by atoms with Crippen molar-refractivity contribution in [3.05, 3.63) is 77.4 Å². The Bertz CT molecular complexity index is 1410. The van der Waals surface area contributed by atoms with Crippen LogP contribution < -0.4 is 20.5 Å². The second-order valence-corrected chi connectivity index (χ2v) is 8.53. The molecule has 192 valence electrons. The Morgan fingerprint density at radius 1 is 0.973 bits per heavy atom. The van der Waals surface area contributed by atoms with Crippen LogP contribution in [0.2, 0.25) is 0 Å². The average Bonchev–Trinajstić information content (AvgIpc) is 3.29. The maximum absolute atomic E-state index is 12.6. The van der Waals surface area contributed by atoms with Gasteiger partial charge in [-0.15, -0.1) is 0 Å². The summed E-state index contributed by atoms with van der Waals surface area (Å²) in [6.07, 6.45) is 0.582. The van der Waals surface area contributed by atoms with E-state index in [1.807, 2.05) is 48.5 Å². The highest BCUT2D eigenvalue weighted by Gasteiger charge is 2.16. The Labute approximate surface area is 214 Å². The van der Waals surface area contributed by atoms with Crippen LogP contribution in [0.3, 0.4) is 0 Å².